The van der Waals surface area contributed by atoms with E-state index in [1.54, 1.807) is 7.11 Å². The zero-order valence-electron chi connectivity index (χ0n) is 10.6. The van der Waals surface area contributed by atoms with Gasteiger partial charge in [-0.15, -0.1) is 0 Å². The summed E-state index contributed by atoms with van der Waals surface area (Å²) in [6.45, 7) is 0.110. The Morgan fingerprint density at radius 3 is 1.67 bits per heavy atom. The Hall–Kier alpha value is -1.80. The van der Waals surface area contributed by atoms with Gasteiger partial charge in [0.1, 0.15) is 5.75 Å². The zero-order chi connectivity index (χ0) is 12.8. The number of hydrogen-bond donors (Lipinski definition) is 1. The molecule has 0 aliphatic heterocycles. The lowest BCUT2D eigenvalue weighted by atomic mass is 10.0. The van der Waals surface area contributed by atoms with Crippen molar-refractivity contribution in [1.82, 2.24) is 0 Å². The molecule has 0 aromatic heterocycles. The molecule has 0 radical (unpaired) electrons. The van der Waals surface area contributed by atoms with Crippen LogP contribution >= 0.6 is 0 Å². The van der Waals surface area contributed by atoms with Crippen molar-refractivity contribution < 1.29 is 9.84 Å². The van der Waals surface area contributed by atoms with Gasteiger partial charge in [-0.2, -0.15) is 0 Å². The van der Waals surface area contributed by atoms with Crippen LogP contribution in [0.3, 0.4) is 0 Å². The Balaban J connectivity index is 1.93. The van der Waals surface area contributed by atoms with Crippen LogP contribution in [0.1, 0.15) is 16.7 Å². The molecule has 2 nitrogen and oxygen atoms in total. The summed E-state index contributed by atoms with van der Waals surface area (Å²) in [7, 11) is 1.68. The van der Waals surface area contributed by atoms with Crippen LogP contribution in [-0.4, -0.2) is 12.2 Å². The number of benzene rings is 2. The van der Waals surface area contributed by atoms with Gasteiger partial charge < -0.3 is 9.84 Å². The molecular formula is C16H18O2. The molecule has 0 spiro atoms. The quantitative estimate of drug-likeness (QED) is 0.873. The van der Waals surface area contributed by atoms with Gasteiger partial charge in [0, 0.05) is 0 Å². The first-order valence-electron chi connectivity index (χ1n) is 6.13. The maximum absolute atomic E-state index is 8.97. The molecule has 0 atom stereocenters. The van der Waals surface area contributed by atoms with E-state index in [-0.39, 0.29) is 6.61 Å². The summed E-state index contributed by atoms with van der Waals surface area (Å²) in [6, 6.07) is 16.3. The summed E-state index contributed by atoms with van der Waals surface area (Å²) in [5.74, 6) is 0.894. The van der Waals surface area contributed by atoms with Crippen molar-refractivity contribution in [2.45, 2.75) is 19.4 Å². The lowest BCUT2D eigenvalue weighted by Gasteiger charge is -2.04. The van der Waals surface area contributed by atoms with Crippen molar-refractivity contribution in [3.63, 3.8) is 0 Å². The van der Waals surface area contributed by atoms with Crippen molar-refractivity contribution in [1.29, 1.82) is 0 Å². The molecule has 0 aliphatic carbocycles. The van der Waals surface area contributed by atoms with Gasteiger partial charge in [0.25, 0.3) is 0 Å². The van der Waals surface area contributed by atoms with Crippen molar-refractivity contribution >= 4 is 0 Å². The van der Waals surface area contributed by atoms with Crippen LogP contribution in [0.5, 0.6) is 5.75 Å². The van der Waals surface area contributed by atoms with Crippen LogP contribution in [0.4, 0.5) is 0 Å². The Morgan fingerprint density at radius 2 is 1.22 bits per heavy atom. The van der Waals surface area contributed by atoms with Gasteiger partial charge in [0.2, 0.25) is 0 Å². The van der Waals surface area contributed by atoms with Gasteiger partial charge in [-0.05, 0) is 41.7 Å². The molecule has 0 aliphatic rings. The third-order valence-electron chi connectivity index (χ3n) is 3.07. The molecule has 18 heavy (non-hydrogen) atoms. The number of rotatable bonds is 5. The van der Waals surface area contributed by atoms with Crippen LogP contribution in [0.25, 0.3) is 0 Å². The van der Waals surface area contributed by atoms with Gasteiger partial charge in [0.05, 0.1) is 13.7 Å². The maximum atomic E-state index is 8.97. The van der Waals surface area contributed by atoms with E-state index in [4.69, 9.17) is 9.84 Å². The van der Waals surface area contributed by atoms with Crippen LogP contribution in [0.2, 0.25) is 0 Å². The second kappa shape index (κ2) is 6.22. The van der Waals surface area contributed by atoms with Gasteiger partial charge in [-0.3, -0.25) is 0 Å². The predicted octanol–water partition coefficient (Wildman–Crippen LogP) is 2.97. The van der Waals surface area contributed by atoms with E-state index < -0.39 is 0 Å². The molecule has 0 fully saturated rings. The summed E-state index contributed by atoms with van der Waals surface area (Å²) < 4.78 is 5.13. The largest absolute Gasteiger partial charge is 0.497 e. The predicted molar refractivity (Wildman–Crippen MR) is 72.8 cm³/mol. The van der Waals surface area contributed by atoms with Gasteiger partial charge in [-0.25, -0.2) is 0 Å². The minimum absolute atomic E-state index is 0.110. The molecule has 2 heteroatoms. The van der Waals surface area contributed by atoms with Crippen molar-refractivity contribution in [2.24, 2.45) is 0 Å². The Bertz CT molecular complexity index is 424. The van der Waals surface area contributed by atoms with Crippen molar-refractivity contribution in [3.8, 4) is 5.75 Å². The first-order valence-corrected chi connectivity index (χ1v) is 6.13. The van der Waals surface area contributed by atoms with Crippen molar-refractivity contribution in [2.75, 3.05) is 7.11 Å². The second-order valence-electron chi connectivity index (χ2n) is 4.32. The van der Waals surface area contributed by atoms with Crippen LogP contribution in [-0.2, 0) is 19.4 Å². The highest BCUT2D eigenvalue weighted by Crippen LogP contribution is 2.14. The lowest BCUT2D eigenvalue weighted by molar-refractivity contribution is 0.282. The number of hydrogen-bond acceptors (Lipinski definition) is 2. The van der Waals surface area contributed by atoms with Crippen molar-refractivity contribution in [3.05, 3.63) is 65.2 Å². The van der Waals surface area contributed by atoms with E-state index in [1.165, 1.54) is 11.1 Å². The van der Waals surface area contributed by atoms with Crippen LogP contribution in [0.15, 0.2) is 48.5 Å². The van der Waals surface area contributed by atoms with E-state index in [0.717, 1.165) is 24.2 Å². The van der Waals surface area contributed by atoms with E-state index in [9.17, 15) is 0 Å². The highest BCUT2D eigenvalue weighted by Gasteiger charge is 1.97. The summed E-state index contributed by atoms with van der Waals surface area (Å²) in [4.78, 5) is 0. The monoisotopic (exact) mass is 242 g/mol. The van der Waals surface area contributed by atoms with Gasteiger partial charge in [0.15, 0.2) is 0 Å². The summed E-state index contributed by atoms with van der Waals surface area (Å²) in [5, 5.41) is 8.97. The van der Waals surface area contributed by atoms with E-state index >= 15 is 0 Å². The first-order chi connectivity index (χ1) is 8.81. The fourth-order valence-corrected chi connectivity index (χ4v) is 1.89. The molecule has 94 valence electrons. The average Bonchev–Trinajstić information content (AvgIpc) is 2.46. The molecule has 2 rings (SSSR count). The number of ether oxygens (including phenoxy) is 1. The summed E-state index contributed by atoms with van der Waals surface area (Å²) >= 11 is 0. The molecule has 1 N–H and O–H groups in total. The average molecular weight is 242 g/mol. The molecule has 0 unspecified atom stereocenters. The fourth-order valence-electron chi connectivity index (χ4n) is 1.89. The van der Waals surface area contributed by atoms with Crippen LogP contribution in [0, 0.1) is 0 Å². The lowest BCUT2D eigenvalue weighted by Crippen LogP contribution is -1.92. The van der Waals surface area contributed by atoms with E-state index in [0.29, 0.717) is 0 Å². The number of aliphatic hydroxyl groups excluding tert-OH is 1. The van der Waals surface area contributed by atoms with Gasteiger partial charge in [-0.1, -0.05) is 36.4 Å². The standard InChI is InChI=1S/C16H18O2/c1-18-16-10-8-14(9-11-16)3-2-13-4-6-15(12-17)7-5-13/h4-11,17H,2-3,12H2,1H3. The minimum Gasteiger partial charge on any atom is -0.497 e. The molecule has 2 aromatic carbocycles. The normalized spacial score (nSPS) is 10.3. The minimum atomic E-state index is 0.110. The fraction of sp³-hybridized carbons (Fsp3) is 0.250. The molecule has 0 saturated carbocycles. The summed E-state index contributed by atoms with van der Waals surface area (Å²) in [6.07, 6.45) is 2.03. The molecule has 0 amide bonds. The topological polar surface area (TPSA) is 29.5 Å². The molecule has 0 heterocycles. The summed E-state index contributed by atoms with van der Waals surface area (Å²) in [5.41, 5.74) is 3.56. The van der Waals surface area contributed by atoms with E-state index in [2.05, 4.69) is 24.3 Å². The van der Waals surface area contributed by atoms with Gasteiger partial charge >= 0.3 is 0 Å². The third-order valence-corrected chi connectivity index (χ3v) is 3.07. The van der Waals surface area contributed by atoms with Crippen LogP contribution < -0.4 is 4.74 Å². The SMILES string of the molecule is COc1ccc(CCc2ccc(CO)cc2)cc1. The highest BCUT2D eigenvalue weighted by molar-refractivity contribution is 5.28. The molecular weight excluding hydrogens is 224 g/mol. The molecule has 0 bridgehead atoms. The molecule has 2 aromatic rings. The Morgan fingerprint density at radius 1 is 0.778 bits per heavy atom. The highest BCUT2D eigenvalue weighted by atomic mass is 16.5. The molecule has 0 saturated heterocycles. The third kappa shape index (κ3) is 3.34. The zero-order valence-corrected chi connectivity index (χ0v) is 10.6. The maximum Gasteiger partial charge on any atom is 0.118 e. The van der Waals surface area contributed by atoms with E-state index in [1.807, 2.05) is 24.3 Å². The Labute approximate surface area is 108 Å². The number of methoxy groups -OCH3 is 1. The second-order valence-corrected chi connectivity index (χ2v) is 4.32. The smallest absolute Gasteiger partial charge is 0.118 e. The number of aryl methyl sites for hydroxylation is 2. The first kappa shape index (κ1) is 12.7. The Kier molecular flexibility index (Phi) is 4.37. The number of aliphatic hydroxyl groups is 1.